The SMILES string of the molecule is Cc1nc(C=C(F)[C@@H]2CC3OC3(C)CCC[C@H](C)[C@@H](O)[C@@H](CC3CO3)C(=O)C(C)(C)[C@@H](O)CC(=O)O2)cs1. The zero-order chi connectivity index (χ0) is 27.8. The molecule has 3 aliphatic rings. The van der Waals surface area contributed by atoms with Gasteiger partial charge in [-0.05, 0) is 45.1 Å². The van der Waals surface area contributed by atoms with Crippen molar-refractivity contribution in [1.29, 1.82) is 0 Å². The number of ether oxygens (including phenoxy) is 3. The van der Waals surface area contributed by atoms with Gasteiger partial charge in [-0.2, -0.15) is 0 Å². The van der Waals surface area contributed by atoms with Crippen LogP contribution in [0.4, 0.5) is 4.39 Å². The van der Waals surface area contributed by atoms with Crippen LogP contribution in [0.15, 0.2) is 11.2 Å². The standard InChI is InChI=1S/C28H40FNO7S/c1-15-7-6-8-28(5)23(37-28)11-21(20(29)9-17-14-38-16(2)30-17)36-24(32)12-22(31)27(3,4)26(34)19(25(15)33)10-18-13-35-18/h9,14-15,18-19,21-23,25,31,33H,6-8,10-13H2,1-5H3/t15-,18?,19+,21-,22-,23?,25+,28?/m0/s1. The van der Waals surface area contributed by atoms with Gasteiger partial charge in [0.05, 0.1) is 59.2 Å². The molecule has 0 spiro atoms. The van der Waals surface area contributed by atoms with E-state index in [0.717, 1.165) is 11.4 Å². The summed E-state index contributed by atoms with van der Waals surface area (Å²) in [6.45, 7) is 9.38. The van der Waals surface area contributed by atoms with Gasteiger partial charge in [0.15, 0.2) is 6.10 Å². The molecule has 10 heteroatoms. The summed E-state index contributed by atoms with van der Waals surface area (Å²) in [5.74, 6) is -2.68. The third-order valence-corrected chi connectivity index (χ3v) is 9.17. The lowest BCUT2D eigenvalue weighted by molar-refractivity contribution is -0.155. The molecule has 0 radical (unpaired) electrons. The number of hydrogen-bond donors (Lipinski definition) is 2. The summed E-state index contributed by atoms with van der Waals surface area (Å²) in [6.07, 6.45) is -0.474. The molecule has 38 heavy (non-hydrogen) atoms. The van der Waals surface area contributed by atoms with Gasteiger partial charge in [0.25, 0.3) is 0 Å². The molecule has 8 nitrogen and oxygen atoms in total. The Hall–Kier alpha value is -1.72. The van der Waals surface area contributed by atoms with Gasteiger partial charge in [-0.1, -0.05) is 27.2 Å². The number of nitrogens with zero attached hydrogens (tertiary/aromatic N) is 1. The van der Waals surface area contributed by atoms with Crippen LogP contribution in [0.5, 0.6) is 0 Å². The minimum absolute atomic E-state index is 0.0918. The minimum atomic E-state index is -1.38. The second-order valence-electron chi connectivity index (χ2n) is 11.9. The van der Waals surface area contributed by atoms with Crippen molar-refractivity contribution in [3.8, 4) is 0 Å². The predicted octanol–water partition coefficient (Wildman–Crippen LogP) is 4.15. The first kappa shape index (κ1) is 29.3. The summed E-state index contributed by atoms with van der Waals surface area (Å²) in [5, 5.41) is 24.7. The van der Waals surface area contributed by atoms with Crippen molar-refractivity contribution < 1.29 is 38.4 Å². The van der Waals surface area contributed by atoms with Crippen molar-refractivity contribution in [3.63, 3.8) is 0 Å². The number of halogens is 1. The fourth-order valence-electron chi connectivity index (χ4n) is 5.39. The van der Waals surface area contributed by atoms with Crippen molar-refractivity contribution in [2.24, 2.45) is 17.3 Å². The number of rotatable bonds is 4. The number of aliphatic hydroxyl groups excluding tert-OH is 2. The number of aryl methyl sites for hydroxylation is 1. The molecular formula is C28H40FNO7S. The van der Waals surface area contributed by atoms with Crippen molar-refractivity contribution >= 4 is 29.2 Å². The molecular weight excluding hydrogens is 513 g/mol. The molecule has 212 valence electrons. The van der Waals surface area contributed by atoms with E-state index in [0.29, 0.717) is 31.6 Å². The van der Waals surface area contributed by atoms with Crippen LogP contribution in [0.3, 0.4) is 0 Å². The van der Waals surface area contributed by atoms with E-state index in [4.69, 9.17) is 14.2 Å². The van der Waals surface area contributed by atoms with E-state index in [1.165, 1.54) is 17.4 Å². The topological polar surface area (TPSA) is 122 Å². The molecule has 0 saturated carbocycles. The van der Waals surface area contributed by atoms with Crippen molar-refractivity contribution in [2.75, 3.05) is 6.61 Å². The van der Waals surface area contributed by atoms with E-state index in [1.807, 2.05) is 20.8 Å². The summed E-state index contributed by atoms with van der Waals surface area (Å²) >= 11 is 1.39. The summed E-state index contributed by atoms with van der Waals surface area (Å²) in [6, 6.07) is 0. The van der Waals surface area contributed by atoms with Gasteiger partial charge in [-0.15, -0.1) is 11.3 Å². The highest BCUT2D eigenvalue weighted by Gasteiger charge is 2.53. The van der Waals surface area contributed by atoms with E-state index >= 15 is 4.39 Å². The molecule has 8 atom stereocenters. The summed E-state index contributed by atoms with van der Waals surface area (Å²) in [5.41, 5.74) is -1.38. The Labute approximate surface area is 227 Å². The summed E-state index contributed by atoms with van der Waals surface area (Å²) in [7, 11) is 0. The maximum atomic E-state index is 15.4. The average Bonchev–Trinajstić information content (AvgIpc) is 3.74. The maximum Gasteiger partial charge on any atom is 0.309 e. The Balaban J connectivity index is 1.58. The van der Waals surface area contributed by atoms with Crippen LogP contribution in [0.25, 0.3) is 6.08 Å². The Morgan fingerprint density at radius 3 is 2.63 bits per heavy atom. The molecule has 1 aromatic heterocycles. The number of cyclic esters (lactones) is 1. The van der Waals surface area contributed by atoms with Gasteiger partial charge in [-0.3, -0.25) is 9.59 Å². The Kier molecular flexibility index (Phi) is 8.79. The minimum Gasteiger partial charge on any atom is -0.455 e. The highest BCUT2D eigenvalue weighted by molar-refractivity contribution is 7.09. The summed E-state index contributed by atoms with van der Waals surface area (Å²) in [4.78, 5) is 30.8. The second kappa shape index (κ2) is 11.4. The Bertz CT molecular complexity index is 1050. The van der Waals surface area contributed by atoms with Gasteiger partial charge in [0.1, 0.15) is 11.6 Å². The number of carbonyl (C=O) groups is 2. The number of aliphatic hydroxyl groups is 2. The number of carbonyl (C=O) groups excluding carboxylic acids is 2. The van der Waals surface area contributed by atoms with Crippen LogP contribution in [0, 0.1) is 24.2 Å². The van der Waals surface area contributed by atoms with Gasteiger partial charge >= 0.3 is 5.97 Å². The van der Waals surface area contributed by atoms with Crippen LogP contribution >= 0.6 is 11.3 Å². The number of hydrogen-bond acceptors (Lipinski definition) is 9. The first-order chi connectivity index (χ1) is 17.8. The van der Waals surface area contributed by atoms with Crippen LogP contribution < -0.4 is 0 Å². The lowest BCUT2D eigenvalue weighted by atomic mass is 9.71. The zero-order valence-electron chi connectivity index (χ0n) is 22.8. The number of ketones is 1. The number of fused-ring (bicyclic) bond motifs is 1. The Morgan fingerprint density at radius 2 is 2.00 bits per heavy atom. The van der Waals surface area contributed by atoms with Crippen LogP contribution in [0.2, 0.25) is 0 Å². The maximum absolute atomic E-state index is 15.4. The van der Waals surface area contributed by atoms with E-state index in [1.54, 1.807) is 19.2 Å². The van der Waals surface area contributed by atoms with Gasteiger partial charge in [-0.25, -0.2) is 9.37 Å². The monoisotopic (exact) mass is 553 g/mol. The molecule has 0 aliphatic carbocycles. The lowest BCUT2D eigenvalue weighted by Gasteiger charge is -2.36. The smallest absolute Gasteiger partial charge is 0.309 e. The first-order valence-electron chi connectivity index (χ1n) is 13.5. The summed E-state index contributed by atoms with van der Waals surface area (Å²) < 4.78 is 32.2. The lowest BCUT2D eigenvalue weighted by Crippen LogP contribution is -2.47. The number of Topliss-reactive ketones (excluding diaryl/α,β-unsaturated/α-hetero) is 1. The first-order valence-corrected chi connectivity index (χ1v) is 14.4. The molecule has 0 amide bonds. The molecule has 4 rings (SSSR count). The van der Waals surface area contributed by atoms with E-state index in [2.05, 4.69) is 4.98 Å². The molecule has 3 saturated heterocycles. The third kappa shape index (κ3) is 6.88. The number of epoxide rings is 2. The quantitative estimate of drug-likeness (QED) is 0.421. The normalized spacial score (nSPS) is 38.8. The molecule has 4 heterocycles. The van der Waals surface area contributed by atoms with E-state index in [-0.39, 0.29) is 30.3 Å². The van der Waals surface area contributed by atoms with Crippen molar-refractivity contribution in [3.05, 3.63) is 21.9 Å². The fraction of sp³-hybridized carbons (Fsp3) is 0.750. The van der Waals surface area contributed by atoms with E-state index in [9.17, 15) is 19.8 Å². The zero-order valence-corrected chi connectivity index (χ0v) is 23.6. The highest BCUT2D eigenvalue weighted by Crippen LogP contribution is 2.45. The van der Waals surface area contributed by atoms with Crippen LogP contribution in [-0.2, 0) is 23.8 Å². The fourth-order valence-corrected chi connectivity index (χ4v) is 5.96. The van der Waals surface area contributed by atoms with Crippen molar-refractivity contribution in [1.82, 2.24) is 4.98 Å². The molecule has 3 aliphatic heterocycles. The molecule has 1 aromatic rings. The number of esters is 1. The van der Waals surface area contributed by atoms with Gasteiger partial charge in [0, 0.05) is 17.7 Å². The molecule has 0 bridgehead atoms. The average molecular weight is 554 g/mol. The van der Waals surface area contributed by atoms with E-state index < -0.39 is 53.5 Å². The number of thiazole rings is 1. The van der Waals surface area contributed by atoms with Crippen LogP contribution in [-0.4, -0.2) is 69.7 Å². The van der Waals surface area contributed by atoms with Gasteiger partial charge in [0.2, 0.25) is 0 Å². The number of aromatic nitrogens is 1. The Morgan fingerprint density at radius 1 is 1.29 bits per heavy atom. The highest BCUT2D eigenvalue weighted by atomic mass is 32.1. The predicted molar refractivity (Wildman–Crippen MR) is 140 cm³/mol. The van der Waals surface area contributed by atoms with Crippen molar-refractivity contribution in [2.45, 2.75) is 109 Å². The molecule has 3 fully saturated rings. The largest absolute Gasteiger partial charge is 0.455 e. The molecule has 3 unspecified atom stereocenters. The molecule has 0 aromatic carbocycles. The third-order valence-electron chi connectivity index (χ3n) is 8.38. The van der Waals surface area contributed by atoms with Crippen LogP contribution in [0.1, 0.15) is 76.9 Å². The molecule has 2 N–H and O–H groups in total. The van der Waals surface area contributed by atoms with Gasteiger partial charge < -0.3 is 24.4 Å². The second-order valence-corrected chi connectivity index (χ2v) is 13.0.